The fourth-order valence-corrected chi connectivity index (χ4v) is 0.797. The van der Waals surface area contributed by atoms with Crippen LogP contribution in [0.3, 0.4) is 0 Å². The van der Waals surface area contributed by atoms with Crippen molar-refractivity contribution in [3.05, 3.63) is 30.3 Å². The quantitative estimate of drug-likeness (QED) is 0.414. The number of hydrogen-bond acceptors (Lipinski definition) is 4. The van der Waals surface area contributed by atoms with Gasteiger partial charge in [0.05, 0.1) is 0 Å². The number of carbonyl (C=O) groups is 1. The first kappa shape index (κ1) is 10.2. The van der Waals surface area contributed by atoms with Crippen LogP contribution in [0.2, 0.25) is 0 Å². The van der Waals surface area contributed by atoms with Crippen LogP contribution in [0.4, 0.5) is 0 Å². The predicted molar refractivity (Wildman–Crippen MR) is 52.2 cm³/mol. The van der Waals surface area contributed by atoms with Crippen molar-refractivity contribution in [2.75, 3.05) is 6.61 Å². The molecule has 0 amide bonds. The highest BCUT2D eigenvalue weighted by atomic mass is 16.7. The van der Waals surface area contributed by atoms with E-state index in [1.54, 1.807) is 19.1 Å². The normalized spacial score (nSPS) is 10.1. The van der Waals surface area contributed by atoms with Gasteiger partial charge in [-0.1, -0.05) is 23.4 Å². The van der Waals surface area contributed by atoms with Crippen LogP contribution in [0.5, 0.6) is 5.75 Å². The van der Waals surface area contributed by atoms with Gasteiger partial charge in [-0.15, -0.1) is 0 Å². The zero-order valence-electron chi connectivity index (χ0n) is 7.84. The van der Waals surface area contributed by atoms with E-state index in [1.807, 2.05) is 18.2 Å². The molecule has 1 aromatic rings. The second kappa shape index (κ2) is 5.75. The Hall–Kier alpha value is -1.84. The zero-order chi connectivity index (χ0) is 10.2. The monoisotopic (exact) mass is 193 g/mol. The average molecular weight is 193 g/mol. The van der Waals surface area contributed by atoms with E-state index in [4.69, 9.17) is 4.74 Å². The third kappa shape index (κ3) is 3.71. The van der Waals surface area contributed by atoms with E-state index in [1.165, 1.54) is 6.21 Å². The maximum absolute atomic E-state index is 10.9. The molecule has 0 saturated heterocycles. The molecule has 0 radical (unpaired) electrons. The Balaban J connectivity index is 2.31. The van der Waals surface area contributed by atoms with Gasteiger partial charge in [0.15, 0.2) is 6.61 Å². The predicted octanol–water partition coefficient (Wildman–Crippen LogP) is 1.61. The largest absolute Gasteiger partial charge is 0.482 e. The van der Waals surface area contributed by atoms with Gasteiger partial charge in [0.1, 0.15) is 5.75 Å². The van der Waals surface area contributed by atoms with E-state index < -0.39 is 5.97 Å². The van der Waals surface area contributed by atoms with Gasteiger partial charge < -0.3 is 9.57 Å². The Labute approximate surface area is 82.1 Å². The molecule has 0 aliphatic carbocycles. The number of nitrogens with zero attached hydrogens (tertiary/aromatic N) is 1. The Morgan fingerprint density at radius 3 is 2.79 bits per heavy atom. The molecule has 14 heavy (non-hydrogen) atoms. The standard InChI is InChI=1S/C10H11NO3/c1-2-11-14-10(12)8-13-9-6-4-3-5-7-9/h2-7H,8H2,1H3/b11-2-. The number of ether oxygens (including phenoxy) is 1. The van der Waals surface area contributed by atoms with E-state index in [9.17, 15) is 4.79 Å². The lowest BCUT2D eigenvalue weighted by Crippen LogP contribution is -2.12. The van der Waals surface area contributed by atoms with Crippen molar-refractivity contribution >= 4 is 12.2 Å². The van der Waals surface area contributed by atoms with E-state index in [2.05, 4.69) is 9.99 Å². The number of carbonyl (C=O) groups excluding carboxylic acids is 1. The zero-order valence-corrected chi connectivity index (χ0v) is 7.84. The van der Waals surface area contributed by atoms with Gasteiger partial charge in [-0.25, -0.2) is 4.79 Å². The Morgan fingerprint density at radius 2 is 2.14 bits per heavy atom. The van der Waals surface area contributed by atoms with Gasteiger partial charge in [0.2, 0.25) is 0 Å². The van der Waals surface area contributed by atoms with Crippen LogP contribution >= 0.6 is 0 Å². The van der Waals surface area contributed by atoms with E-state index >= 15 is 0 Å². The second-order valence-electron chi connectivity index (χ2n) is 2.43. The van der Waals surface area contributed by atoms with Crippen molar-refractivity contribution < 1.29 is 14.4 Å². The first-order valence-corrected chi connectivity index (χ1v) is 4.18. The van der Waals surface area contributed by atoms with Gasteiger partial charge >= 0.3 is 5.97 Å². The third-order valence-electron chi connectivity index (χ3n) is 1.36. The maximum atomic E-state index is 10.9. The molecule has 0 N–H and O–H groups in total. The summed E-state index contributed by atoms with van der Waals surface area (Å²) in [5.74, 6) is 0.108. The number of para-hydroxylation sites is 1. The van der Waals surface area contributed by atoms with Crippen LogP contribution in [-0.4, -0.2) is 18.8 Å². The molecule has 0 spiro atoms. The van der Waals surface area contributed by atoms with Crippen molar-refractivity contribution in [2.45, 2.75) is 6.92 Å². The Kier molecular flexibility index (Phi) is 4.20. The SMILES string of the molecule is C/C=N\OC(=O)COc1ccccc1. The van der Waals surface area contributed by atoms with Crippen molar-refractivity contribution in [2.24, 2.45) is 5.16 Å². The van der Waals surface area contributed by atoms with Crippen molar-refractivity contribution in [1.82, 2.24) is 0 Å². The molecule has 0 aliphatic rings. The number of rotatable bonds is 4. The molecule has 4 heteroatoms. The van der Waals surface area contributed by atoms with E-state index in [0.717, 1.165) is 0 Å². The Bertz CT molecular complexity index is 308. The van der Waals surface area contributed by atoms with Gasteiger partial charge in [-0.3, -0.25) is 0 Å². The van der Waals surface area contributed by atoms with Crippen LogP contribution in [0.1, 0.15) is 6.92 Å². The summed E-state index contributed by atoms with van der Waals surface area (Å²) in [5.41, 5.74) is 0. The summed E-state index contributed by atoms with van der Waals surface area (Å²) in [6.07, 6.45) is 1.39. The van der Waals surface area contributed by atoms with Gasteiger partial charge in [-0.2, -0.15) is 0 Å². The molecule has 0 saturated carbocycles. The summed E-state index contributed by atoms with van der Waals surface area (Å²) in [4.78, 5) is 15.3. The molecular weight excluding hydrogens is 182 g/mol. The summed E-state index contributed by atoms with van der Waals surface area (Å²) in [7, 11) is 0. The molecule has 0 aromatic heterocycles. The topological polar surface area (TPSA) is 47.9 Å². The molecular formula is C10H11NO3. The van der Waals surface area contributed by atoms with Gasteiger partial charge in [0, 0.05) is 6.21 Å². The molecule has 1 aromatic carbocycles. The summed E-state index contributed by atoms with van der Waals surface area (Å²) < 4.78 is 5.12. The first-order valence-electron chi connectivity index (χ1n) is 4.18. The average Bonchev–Trinajstić information content (AvgIpc) is 2.25. The molecule has 0 fully saturated rings. The van der Waals surface area contributed by atoms with Crippen LogP contribution in [-0.2, 0) is 9.63 Å². The molecule has 0 aliphatic heterocycles. The minimum absolute atomic E-state index is 0.138. The highest BCUT2D eigenvalue weighted by molar-refractivity contribution is 5.71. The molecule has 0 bridgehead atoms. The summed E-state index contributed by atoms with van der Waals surface area (Å²) in [5, 5.41) is 3.33. The van der Waals surface area contributed by atoms with Crippen LogP contribution in [0, 0.1) is 0 Å². The lowest BCUT2D eigenvalue weighted by molar-refractivity contribution is -0.145. The van der Waals surface area contributed by atoms with Gasteiger partial charge in [-0.05, 0) is 19.1 Å². The summed E-state index contributed by atoms with van der Waals surface area (Å²) in [6, 6.07) is 9.04. The second-order valence-corrected chi connectivity index (χ2v) is 2.43. The summed E-state index contributed by atoms with van der Waals surface area (Å²) in [6.45, 7) is 1.52. The van der Waals surface area contributed by atoms with Crippen molar-refractivity contribution in [3.8, 4) is 5.75 Å². The fourth-order valence-electron chi connectivity index (χ4n) is 0.797. The smallest absolute Gasteiger partial charge is 0.371 e. The minimum Gasteiger partial charge on any atom is -0.482 e. The van der Waals surface area contributed by atoms with Crippen LogP contribution in [0.25, 0.3) is 0 Å². The molecule has 0 atom stereocenters. The van der Waals surface area contributed by atoms with E-state index in [0.29, 0.717) is 5.75 Å². The maximum Gasteiger partial charge on any atom is 0.371 e. The molecule has 0 heterocycles. The molecule has 74 valence electrons. The minimum atomic E-state index is -0.521. The fraction of sp³-hybridized carbons (Fsp3) is 0.200. The Morgan fingerprint density at radius 1 is 1.43 bits per heavy atom. The molecule has 0 unspecified atom stereocenters. The number of benzene rings is 1. The highest BCUT2D eigenvalue weighted by Crippen LogP contribution is 2.07. The lowest BCUT2D eigenvalue weighted by atomic mass is 10.3. The molecule has 1 rings (SSSR count). The van der Waals surface area contributed by atoms with Crippen molar-refractivity contribution in [3.63, 3.8) is 0 Å². The number of hydrogen-bond donors (Lipinski definition) is 0. The highest BCUT2D eigenvalue weighted by Gasteiger charge is 2.02. The summed E-state index contributed by atoms with van der Waals surface area (Å²) >= 11 is 0. The third-order valence-corrected chi connectivity index (χ3v) is 1.36. The van der Waals surface area contributed by atoms with Crippen molar-refractivity contribution in [1.29, 1.82) is 0 Å². The van der Waals surface area contributed by atoms with Crippen LogP contribution in [0.15, 0.2) is 35.5 Å². The van der Waals surface area contributed by atoms with Crippen LogP contribution < -0.4 is 4.74 Å². The first-order chi connectivity index (χ1) is 6.83. The van der Waals surface area contributed by atoms with Gasteiger partial charge in [0.25, 0.3) is 0 Å². The lowest BCUT2D eigenvalue weighted by Gasteiger charge is -2.02. The van der Waals surface area contributed by atoms with E-state index in [-0.39, 0.29) is 6.61 Å². The number of oxime groups is 1. The molecule has 4 nitrogen and oxygen atoms in total.